The Labute approximate surface area is 230 Å². The van der Waals surface area contributed by atoms with E-state index in [9.17, 15) is 19.2 Å². The monoisotopic (exact) mass is 673 g/mol. The molecule has 4 amide bonds. The number of nitrogens with zero attached hydrogens (tertiary/aromatic N) is 1. The molecule has 36 heavy (non-hydrogen) atoms. The summed E-state index contributed by atoms with van der Waals surface area (Å²) in [4.78, 5) is 52.3. The summed E-state index contributed by atoms with van der Waals surface area (Å²) >= 11 is 0. The zero-order chi connectivity index (χ0) is 26.8. The van der Waals surface area contributed by atoms with Crippen molar-refractivity contribution in [3.63, 3.8) is 0 Å². The van der Waals surface area contributed by atoms with Gasteiger partial charge in [-0.15, -0.1) is 0 Å². The maximum absolute atomic E-state index is 13.7. The predicted molar refractivity (Wildman–Crippen MR) is 132 cm³/mol. The van der Waals surface area contributed by atoms with E-state index in [4.69, 9.17) is 6.11 Å². The van der Waals surface area contributed by atoms with Crippen molar-refractivity contribution >= 4 is 24.1 Å². The second-order valence-electron chi connectivity index (χ2n) is 9.48. The molecule has 0 aromatic heterocycles. The first-order valence-corrected chi connectivity index (χ1v) is 12.2. The molecule has 1 fully saturated rings. The SMILES string of the molecule is [3H]C(=O)NC(C(=O)NC(C(=O)N1CC(OCc2ccccc2)CC1C(=O)N[CH-]CC)C(C)C)C(C)C.[W]. The average Bonchev–Trinajstić information content (AvgIpc) is 3.27. The standard InChI is InChI=1S/C26H39N4O5.W/c1-6-12-27-24(32)21-13-20(35-15-19-10-8-7-9-11-19)14-30(21)26(34)23(18(4)5)29-25(33)22(17(2)3)28-16-31;/h7-12,16-18,20-23H,6,13-15H2,1-5H3,(H,27,32)(H,28,31)(H,29,33);/q-1;/i16T;. The average molecular weight is 673 g/mol. The smallest absolute Gasteiger partial charge is 0.246 e. The van der Waals surface area contributed by atoms with Gasteiger partial charge < -0.3 is 25.6 Å². The number of carbonyl (C=O) groups is 4. The number of rotatable bonds is 12. The molecule has 10 heteroatoms. The van der Waals surface area contributed by atoms with Gasteiger partial charge in [-0.1, -0.05) is 65.0 Å². The second kappa shape index (κ2) is 15.8. The van der Waals surface area contributed by atoms with Gasteiger partial charge in [0.2, 0.25) is 24.1 Å². The number of benzene rings is 1. The summed E-state index contributed by atoms with van der Waals surface area (Å²) in [5.41, 5.74) is 0.992. The third-order valence-corrected chi connectivity index (χ3v) is 6.02. The fourth-order valence-corrected chi connectivity index (χ4v) is 4.03. The van der Waals surface area contributed by atoms with Crippen LogP contribution in [0.3, 0.4) is 0 Å². The summed E-state index contributed by atoms with van der Waals surface area (Å²) in [5, 5.41) is 7.82. The fourth-order valence-electron chi connectivity index (χ4n) is 4.03. The molecule has 4 atom stereocenters. The zero-order valence-corrected chi connectivity index (χ0v) is 24.6. The van der Waals surface area contributed by atoms with Crippen molar-refractivity contribution in [2.24, 2.45) is 11.8 Å². The van der Waals surface area contributed by atoms with Crippen LogP contribution in [0, 0.1) is 18.4 Å². The van der Waals surface area contributed by atoms with Crippen LogP contribution in [0.25, 0.3) is 0 Å². The van der Waals surface area contributed by atoms with Crippen LogP contribution in [0.2, 0.25) is 0 Å². The van der Waals surface area contributed by atoms with Crippen LogP contribution in [-0.2, 0) is 51.6 Å². The predicted octanol–water partition coefficient (Wildman–Crippen LogP) is 1.77. The van der Waals surface area contributed by atoms with Gasteiger partial charge >= 0.3 is 0 Å². The molecule has 0 bridgehead atoms. The summed E-state index contributed by atoms with van der Waals surface area (Å²) in [5.74, 6) is -1.80. The van der Waals surface area contributed by atoms with Gasteiger partial charge in [0.05, 0.1) is 12.7 Å². The van der Waals surface area contributed by atoms with Crippen LogP contribution in [0.5, 0.6) is 0 Å². The van der Waals surface area contributed by atoms with Crippen molar-refractivity contribution in [1.82, 2.24) is 20.9 Å². The molecule has 1 aliphatic heterocycles. The molecule has 0 aliphatic carbocycles. The summed E-state index contributed by atoms with van der Waals surface area (Å²) in [6.07, 6.45) is -0.438. The van der Waals surface area contributed by atoms with Crippen LogP contribution in [0.15, 0.2) is 30.3 Å². The number of hydrogen-bond acceptors (Lipinski definition) is 5. The largest absolute Gasteiger partial charge is 0.504 e. The molecule has 1 heterocycles. The second-order valence-corrected chi connectivity index (χ2v) is 9.48. The number of nitrogens with one attached hydrogen (secondary N) is 3. The molecule has 2 rings (SSSR count). The number of hydrogen-bond donors (Lipinski definition) is 3. The van der Waals surface area contributed by atoms with E-state index >= 15 is 0 Å². The minimum atomic E-state index is -1.07. The Balaban J connectivity index is 0.00000684. The third-order valence-electron chi connectivity index (χ3n) is 6.02. The van der Waals surface area contributed by atoms with E-state index < -0.39 is 30.4 Å². The van der Waals surface area contributed by atoms with Crippen LogP contribution < -0.4 is 16.0 Å². The van der Waals surface area contributed by atoms with Gasteiger partial charge in [0, 0.05) is 34.0 Å². The molecule has 1 aromatic rings. The van der Waals surface area contributed by atoms with Gasteiger partial charge in [0.1, 0.15) is 19.5 Å². The Morgan fingerprint density at radius 1 is 1.17 bits per heavy atom. The fraction of sp³-hybridized carbons (Fsp3) is 0.577. The summed E-state index contributed by atoms with van der Waals surface area (Å²) in [7, 11) is 0. The topological polar surface area (TPSA) is 117 Å². The van der Waals surface area contributed by atoms with Crippen molar-refractivity contribution < 1.29 is 46.4 Å². The number of carbonyl (C=O) groups excluding carboxylic acids is 4. The van der Waals surface area contributed by atoms with E-state index in [0.29, 0.717) is 19.4 Å². The maximum Gasteiger partial charge on any atom is 0.246 e. The first kappa shape index (κ1) is 30.0. The van der Waals surface area contributed by atoms with Gasteiger partial charge in [-0.3, -0.25) is 19.2 Å². The van der Waals surface area contributed by atoms with E-state index in [1.54, 1.807) is 34.2 Å². The maximum atomic E-state index is 13.7. The van der Waals surface area contributed by atoms with Gasteiger partial charge in [-0.05, 0) is 17.4 Å². The minimum Gasteiger partial charge on any atom is -0.504 e. The van der Waals surface area contributed by atoms with Gasteiger partial charge in [0.15, 0.2) is 0 Å². The Morgan fingerprint density at radius 3 is 2.36 bits per heavy atom. The van der Waals surface area contributed by atoms with Crippen LogP contribution in [0.1, 0.15) is 54.4 Å². The summed E-state index contributed by atoms with van der Waals surface area (Å²) in [6.45, 7) is 11.2. The van der Waals surface area contributed by atoms with E-state index in [-0.39, 0.29) is 57.4 Å². The minimum absolute atomic E-state index is 0. The molecule has 200 valence electrons. The van der Waals surface area contributed by atoms with E-state index in [0.717, 1.165) is 5.56 Å². The quantitative estimate of drug-likeness (QED) is 0.231. The molecule has 9 nitrogen and oxygen atoms in total. The summed E-state index contributed by atoms with van der Waals surface area (Å²) < 4.78 is 13.2. The molecule has 1 aromatic carbocycles. The first-order chi connectivity index (χ1) is 17.0. The Morgan fingerprint density at radius 2 is 1.81 bits per heavy atom. The Kier molecular flexibility index (Phi) is 13.1. The third kappa shape index (κ3) is 9.00. The number of amides is 4. The molecule has 0 saturated carbocycles. The summed E-state index contributed by atoms with van der Waals surface area (Å²) in [6, 6.07) is 7.04. The van der Waals surface area contributed by atoms with Gasteiger partial charge in [0.25, 0.3) is 0 Å². The van der Waals surface area contributed by atoms with Crippen molar-refractivity contribution in [3.05, 3.63) is 42.4 Å². The van der Waals surface area contributed by atoms with Crippen molar-refractivity contribution in [3.8, 4) is 0 Å². The Hall–Kier alpha value is -2.25. The van der Waals surface area contributed by atoms with Crippen molar-refractivity contribution in [2.45, 2.75) is 78.3 Å². The van der Waals surface area contributed by atoms with Gasteiger partial charge in [-0.2, -0.15) is 6.42 Å². The van der Waals surface area contributed by atoms with Crippen LogP contribution in [-0.4, -0.2) is 59.8 Å². The first-order valence-electron chi connectivity index (χ1n) is 12.7. The molecule has 0 radical (unpaired) electrons. The molecular formula is C26H39N4O5W-. The Bertz CT molecular complexity index is 902. The molecule has 1 saturated heterocycles. The van der Waals surface area contributed by atoms with Crippen LogP contribution >= 0.6 is 0 Å². The van der Waals surface area contributed by atoms with E-state index in [1.807, 2.05) is 37.3 Å². The zero-order valence-electron chi connectivity index (χ0n) is 22.7. The van der Waals surface area contributed by atoms with Gasteiger partial charge in [-0.25, -0.2) is 6.54 Å². The van der Waals surface area contributed by atoms with Crippen molar-refractivity contribution in [2.75, 3.05) is 6.54 Å². The number of likely N-dealkylation sites (tertiary alicyclic amines) is 1. The molecule has 3 N–H and O–H groups in total. The van der Waals surface area contributed by atoms with Crippen LogP contribution in [0.4, 0.5) is 0 Å². The molecule has 1 aliphatic rings. The molecule has 0 spiro atoms. The molecule has 4 unspecified atom stereocenters. The van der Waals surface area contributed by atoms with Crippen molar-refractivity contribution in [1.29, 1.82) is 0 Å². The van der Waals surface area contributed by atoms with E-state index in [2.05, 4.69) is 16.0 Å². The normalized spacial score (nSPS) is 19.2. The number of ether oxygens (including phenoxy) is 1. The van der Waals surface area contributed by atoms with E-state index in [1.165, 1.54) is 4.90 Å². The molecular weight excluding hydrogens is 632 g/mol.